The lowest BCUT2D eigenvalue weighted by Gasteiger charge is -2.17. The number of nitrogens with one attached hydrogen (secondary N) is 1. The fourth-order valence-electron chi connectivity index (χ4n) is 2.71. The summed E-state index contributed by atoms with van der Waals surface area (Å²) >= 11 is 0. The van der Waals surface area contributed by atoms with E-state index in [1.807, 2.05) is 32.0 Å². The summed E-state index contributed by atoms with van der Waals surface area (Å²) in [5, 5.41) is 2.78. The van der Waals surface area contributed by atoms with E-state index in [9.17, 15) is 18.0 Å². The van der Waals surface area contributed by atoms with Crippen molar-refractivity contribution in [2.24, 2.45) is 0 Å². The number of carbonyl (C=O) groups excluding carboxylic acids is 2. The number of esters is 1. The lowest BCUT2D eigenvalue weighted by atomic mass is 10.1. The Bertz CT molecular complexity index is 1020. The molecule has 0 fully saturated rings. The normalized spacial score (nSPS) is 12.5. The van der Waals surface area contributed by atoms with E-state index in [0.717, 1.165) is 15.4 Å². The van der Waals surface area contributed by atoms with Crippen molar-refractivity contribution in [1.82, 2.24) is 4.31 Å². The monoisotopic (exact) mass is 418 g/mol. The molecule has 0 spiro atoms. The van der Waals surface area contributed by atoms with E-state index in [4.69, 9.17) is 4.74 Å². The highest BCUT2D eigenvalue weighted by molar-refractivity contribution is 7.89. The molecule has 0 unspecified atom stereocenters. The van der Waals surface area contributed by atoms with Gasteiger partial charge in [-0.1, -0.05) is 24.3 Å². The van der Waals surface area contributed by atoms with Crippen LogP contribution in [0.4, 0.5) is 5.69 Å². The molecule has 0 saturated heterocycles. The molecule has 0 aliphatic rings. The summed E-state index contributed by atoms with van der Waals surface area (Å²) < 4.78 is 31.0. The van der Waals surface area contributed by atoms with Crippen molar-refractivity contribution < 1.29 is 22.7 Å². The van der Waals surface area contributed by atoms with Gasteiger partial charge in [-0.05, 0) is 56.5 Å². The number of amides is 1. The molecule has 0 saturated carbocycles. The minimum atomic E-state index is -3.70. The van der Waals surface area contributed by atoms with Crippen molar-refractivity contribution in [3.05, 3.63) is 58.7 Å². The Morgan fingerprint density at radius 1 is 1.00 bits per heavy atom. The summed E-state index contributed by atoms with van der Waals surface area (Å²) in [6.07, 6.45) is -1.06. The summed E-state index contributed by atoms with van der Waals surface area (Å²) in [5.41, 5.74) is 3.12. The molecule has 7 nitrogen and oxygen atoms in total. The Hall–Kier alpha value is -2.71. The number of anilines is 1. The average Bonchev–Trinajstić information content (AvgIpc) is 2.64. The SMILES string of the molecule is Cc1ccc(S(=O)(=O)N(C)C)cc1C(=O)O[C@@H](C)C(=O)Nc1c(C)cccc1C. The molecule has 1 N–H and O–H groups in total. The number of ether oxygens (including phenoxy) is 1. The molecule has 8 heteroatoms. The summed E-state index contributed by atoms with van der Waals surface area (Å²) in [7, 11) is -0.879. The van der Waals surface area contributed by atoms with Crippen LogP contribution in [0.25, 0.3) is 0 Å². The van der Waals surface area contributed by atoms with Gasteiger partial charge in [-0.25, -0.2) is 17.5 Å². The van der Waals surface area contributed by atoms with Crippen LogP contribution in [0, 0.1) is 20.8 Å². The van der Waals surface area contributed by atoms with Gasteiger partial charge in [-0.15, -0.1) is 0 Å². The zero-order valence-corrected chi connectivity index (χ0v) is 18.3. The fourth-order valence-corrected chi connectivity index (χ4v) is 3.63. The van der Waals surface area contributed by atoms with Crippen LogP contribution in [0.3, 0.4) is 0 Å². The van der Waals surface area contributed by atoms with Gasteiger partial charge in [0.2, 0.25) is 10.0 Å². The van der Waals surface area contributed by atoms with Crippen LogP contribution in [0.2, 0.25) is 0 Å². The van der Waals surface area contributed by atoms with E-state index < -0.39 is 28.0 Å². The number of hydrogen-bond acceptors (Lipinski definition) is 5. The number of para-hydroxylation sites is 1. The highest BCUT2D eigenvalue weighted by Crippen LogP contribution is 2.21. The van der Waals surface area contributed by atoms with Gasteiger partial charge in [-0.3, -0.25) is 4.79 Å². The molecular weight excluding hydrogens is 392 g/mol. The zero-order valence-electron chi connectivity index (χ0n) is 17.4. The number of carbonyl (C=O) groups is 2. The molecule has 0 aliphatic carbocycles. The van der Waals surface area contributed by atoms with Crippen LogP contribution in [-0.2, 0) is 19.6 Å². The molecule has 0 heterocycles. The van der Waals surface area contributed by atoms with Crippen LogP contribution in [-0.4, -0.2) is 44.8 Å². The number of benzene rings is 2. The molecule has 1 atom stereocenters. The molecular formula is C21H26N2O5S. The second kappa shape index (κ2) is 8.75. The van der Waals surface area contributed by atoms with Crippen molar-refractivity contribution in [1.29, 1.82) is 0 Å². The van der Waals surface area contributed by atoms with Crippen LogP contribution in [0.5, 0.6) is 0 Å². The minimum Gasteiger partial charge on any atom is -0.449 e. The first kappa shape index (κ1) is 22.6. The highest BCUT2D eigenvalue weighted by Gasteiger charge is 2.24. The maximum Gasteiger partial charge on any atom is 0.339 e. The standard InChI is InChI=1S/C21H26N2O5S/c1-13-10-11-17(29(26,27)23(5)6)12-18(13)21(25)28-16(4)20(24)22-19-14(2)8-7-9-15(19)3/h7-12,16H,1-6H3,(H,22,24)/t16-/m0/s1. The molecule has 2 rings (SSSR count). The molecule has 2 aromatic carbocycles. The van der Waals surface area contributed by atoms with Crippen molar-refractivity contribution >= 4 is 27.6 Å². The fraction of sp³-hybridized carbons (Fsp3) is 0.333. The summed E-state index contributed by atoms with van der Waals surface area (Å²) in [6, 6.07) is 9.87. The molecule has 1 amide bonds. The van der Waals surface area contributed by atoms with Gasteiger partial charge in [0.15, 0.2) is 6.10 Å². The second-order valence-corrected chi connectivity index (χ2v) is 9.22. The van der Waals surface area contributed by atoms with Crippen molar-refractivity contribution in [2.45, 2.75) is 38.7 Å². The van der Waals surface area contributed by atoms with E-state index in [2.05, 4.69) is 5.32 Å². The topological polar surface area (TPSA) is 92.8 Å². The Kier molecular flexibility index (Phi) is 6.81. The van der Waals surface area contributed by atoms with Crippen LogP contribution >= 0.6 is 0 Å². The van der Waals surface area contributed by atoms with Gasteiger partial charge in [0.05, 0.1) is 10.5 Å². The van der Waals surface area contributed by atoms with Gasteiger partial charge in [0.25, 0.3) is 5.91 Å². The van der Waals surface area contributed by atoms with Crippen molar-refractivity contribution in [2.75, 3.05) is 19.4 Å². The van der Waals surface area contributed by atoms with Crippen LogP contribution < -0.4 is 5.32 Å². The Balaban J connectivity index is 2.20. The molecule has 0 bridgehead atoms. The number of hydrogen-bond donors (Lipinski definition) is 1. The molecule has 29 heavy (non-hydrogen) atoms. The van der Waals surface area contributed by atoms with E-state index in [-0.39, 0.29) is 10.5 Å². The van der Waals surface area contributed by atoms with E-state index >= 15 is 0 Å². The molecule has 2 aromatic rings. The second-order valence-electron chi connectivity index (χ2n) is 7.07. The summed E-state index contributed by atoms with van der Waals surface area (Å²) in [5.74, 6) is -1.23. The lowest BCUT2D eigenvalue weighted by molar-refractivity contribution is -0.123. The van der Waals surface area contributed by atoms with Gasteiger partial charge in [-0.2, -0.15) is 0 Å². The summed E-state index contributed by atoms with van der Waals surface area (Å²) in [6.45, 7) is 6.89. The van der Waals surface area contributed by atoms with Crippen molar-refractivity contribution in [3.8, 4) is 0 Å². The first-order valence-electron chi connectivity index (χ1n) is 9.06. The number of nitrogens with zero attached hydrogens (tertiary/aromatic N) is 1. The molecule has 0 radical (unpaired) electrons. The maximum atomic E-state index is 12.6. The zero-order chi connectivity index (χ0) is 21.9. The van der Waals surface area contributed by atoms with E-state index in [0.29, 0.717) is 11.3 Å². The van der Waals surface area contributed by atoms with Gasteiger partial charge >= 0.3 is 5.97 Å². The number of sulfonamides is 1. The van der Waals surface area contributed by atoms with Crippen molar-refractivity contribution in [3.63, 3.8) is 0 Å². The predicted octanol–water partition coefficient (Wildman–Crippen LogP) is 3.05. The third-order valence-electron chi connectivity index (χ3n) is 4.59. The third kappa shape index (κ3) is 5.02. The molecule has 156 valence electrons. The van der Waals surface area contributed by atoms with Gasteiger partial charge in [0, 0.05) is 19.8 Å². The van der Waals surface area contributed by atoms with Gasteiger partial charge < -0.3 is 10.1 Å². The number of aryl methyl sites for hydroxylation is 3. The van der Waals surface area contributed by atoms with Crippen LogP contribution in [0.1, 0.15) is 34.0 Å². The average molecular weight is 419 g/mol. The lowest BCUT2D eigenvalue weighted by Crippen LogP contribution is -2.31. The first-order valence-corrected chi connectivity index (χ1v) is 10.5. The quantitative estimate of drug-likeness (QED) is 0.728. The predicted molar refractivity (Wildman–Crippen MR) is 111 cm³/mol. The highest BCUT2D eigenvalue weighted by atomic mass is 32.2. The van der Waals surface area contributed by atoms with E-state index in [1.54, 1.807) is 6.92 Å². The maximum absolute atomic E-state index is 12.6. The Morgan fingerprint density at radius 2 is 1.59 bits per heavy atom. The smallest absolute Gasteiger partial charge is 0.339 e. The minimum absolute atomic E-state index is 0.0207. The first-order chi connectivity index (χ1) is 13.4. The molecule has 0 aliphatic heterocycles. The Labute approximate surface area is 171 Å². The van der Waals surface area contributed by atoms with Gasteiger partial charge in [0.1, 0.15) is 0 Å². The Morgan fingerprint density at radius 3 is 2.14 bits per heavy atom. The third-order valence-corrected chi connectivity index (χ3v) is 6.40. The van der Waals surface area contributed by atoms with E-state index in [1.165, 1.54) is 39.2 Å². The largest absolute Gasteiger partial charge is 0.449 e. The molecule has 0 aromatic heterocycles. The van der Waals surface area contributed by atoms with Crippen LogP contribution in [0.15, 0.2) is 41.3 Å². The summed E-state index contributed by atoms with van der Waals surface area (Å²) in [4.78, 5) is 25.1. The number of rotatable bonds is 6.